The van der Waals surface area contributed by atoms with Gasteiger partial charge in [0, 0.05) is 15.8 Å². The lowest BCUT2D eigenvalue weighted by molar-refractivity contribution is 0.0703. The molecule has 3 aromatic rings. The van der Waals surface area contributed by atoms with E-state index in [1.54, 1.807) is 30.5 Å². The molecule has 0 spiro atoms. The third-order valence-corrected chi connectivity index (χ3v) is 6.77. The normalized spacial score (nSPS) is 11.4. The van der Waals surface area contributed by atoms with Gasteiger partial charge in [0.15, 0.2) is 0 Å². The summed E-state index contributed by atoms with van der Waals surface area (Å²) < 4.78 is 27.9. The number of rotatable bonds is 5. The smallest absolute Gasteiger partial charge is 0.348 e. The van der Waals surface area contributed by atoms with Crippen LogP contribution in [0.5, 0.6) is 0 Å². The van der Waals surface area contributed by atoms with E-state index in [9.17, 15) is 18.3 Å². The lowest BCUT2D eigenvalue weighted by Gasteiger charge is -2.11. The second-order valence-corrected chi connectivity index (χ2v) is 8.49. The van der Waals surface area contributed by atoms with E-state index in [1.165, 1.54) is 17.4 Å². The summed E-state index contributed by atoms with van der Waals surface area (Å²) in [5, 5.41) is 12.9. The van der Waals surface area contributed by atoms with E-state index in [4.69, 9.17) is 0 Å². The first kappa shape index (κ1) is 16.7. The van der Waals surface area contributed by atoms with Crippen molar-refractivity contribution in [3.05, 3.63) is 57.6 Å². The van der Waals surface area contributed by atoms with Crippen LogP contribution < -0.4 is 4.72 Å². The molecule has 0 unspecified atom stereocenters. The fourth-order valence-electron chi connectivity index (χ4n) is 2.28. The lowest BCUT2D eigenvalue weighted by atomic mass is 10.2. The molecule has 0 fully saturated rings. The topological polar surface area (TPSA) is 83.5 Å². The molecule has 0 aliphatic carbocycles. The molecule has 0 aliphatic rings. The highest BCUT2D eigenvalue weighted by Crippen LogP contribution is 2.39. The molecule has 0 amide bonds. The third kappa shape index (κ3) is 3.08. The number of anilines is 1. The minimum absolute atomic E-state index is 0.0319. The van der Waals surface area contributed by atoms with Crippen molar-refractivity contribution < 1.29 is 18.3 Å². The first-order chi connectivity index (χ1) is 11.4. The van der Waals surface area contributed by atoms with Gasteiger partial charge in [0.25, 0.3) is 10.0 Å². The van der Waals surface area contributed by atoms with Crippen LogP contribution in [-0.2, 0) is 10.0 Å². The molecule has 5 nitrogen and oxygen atoms in total. The second kappa shape index (κ2) is 6.39. The van der Waals surface area contributed by atoms with Crippen molar-refractivity contribution in [2.45, 2.75) is 11.8 Å². The molecule has 24 heavy (non-hydrogen) atoms. The van der Waals surface area contributed by atoms with Gasteiger partial charge in [-0.05, 0) is 30.0 Å². The minimum atomic E-state index is -3.89. The summed E-state index contributed by atoms with van der Waals surface area (Å²) in [4.78, 5) is 12.4. The number of aryl methyl sites for hydroxylation is 1. The molecule has 1 aromatic carbocycles. The van der Waals surface area contributed by atoms with Gasteiger partial charge in [-0.1, -0.05) is 24.3 Å². The molecule has 0 radical (unpaired) electrons. The van der Waals surface area contributed by atoms with Crippen LogP contribution in [0.25, 0.3) is 10.4 Å². The minimum Gasteiger partial charge on any atom is -0.477 e. The number of hydrogen-bond donors (Lipinski definition) is 2. The van der Waals surface area contributed by atoms with Crippen molar-refractivity contribution >= 4 is 44.4 Å². The Morgan fingerprint density at radius 3 is 2.50 bits per heavy atom. The SMILES string of the molecule is Cc1ccccc1S(=O)(=O)Nc1c(-c2cccs2)csc1C(=O)O. The molecule has 0 saturated heterocycles. The molecule has 0 saturated carbocycles. The number of sulfonamides is 1. The fourth-order valence-corrected chi connectivity index (χ4v) is 5.37. The van der Waals surface area contributed by atoms with E-state index in [0.717, 1.165) is 16.2 Å². The summed E-state index contributed by atoms with van der Waals surface area (Å²) >= 11 is 2.42. The summed E-state index contributed by atoms with van der Waals surface area (Å²) in [5.74, 6) is -1.16. The van der Waals surface area contributed by atoms with Crippen LogP contribution in [0.4, 0.5) is 5.69 Å². The maximum Gasteiger partial charge on any atom is 0.348 e. The number of thiophene rings is 2. The standard InChI is InChI=1S/C16H13NO4S3/c1-10-5-2-3-7-13(10)24(20,21)17-14-11(12-6-4-8-22-12)9-23-15(14)16(18)19/h2-9,17H,1H3,(H,18,19). The van der Waals surface area contributed by atoms with E-state index >= 15 is 0 Å². The monoisotopic (exact) mass is 379 g/mol. The van der Waals surface area contributed by atoms with Gasteiger partial charge in [-0.15, -0.1) is 22.7 Å². The number of carboxylic acid groups (broad SMARTS) is 1. The van der Waals surface area contributed by atoms with Crippen LogP contribution in [0, 0.1) is 6.92 Å². The number of aromatic carboxylic acids is 1. The summed E-state index contributed by atoms with van der Waals surface area (Å²) in [6, 6.07) is 10.2. The van der Waals surface area contributed by atoms with Crippen LogP contribution in [0.3, 0.4) is 0 Å². The molecular formula is C16H13NO4S3. The number of hydrogen-bond acceptors (Lipinski definition) is 5. The van der Waals surface area contributed by atoms with Crippen LogP contribution >= 0.6 is 22.7 Å². The predicted molar refractivity (Wildman–Crippen MR) is 96.6 cm³/mol. The lowest BCUT2D eigenvalue weighted by Crippen LogP contribution is -2.16. The quantitative estimate of drug-likeness (QED) is 0.693. The van der Waals surface area contributed by atoms with Crippen molar-refractivity contribution in [1.29, 1.82) is 0 Å². The van der Waals surface area contributed by atoms with Crippen molar-refractivity contribution in [3.8, 4) is 10.4 Å². The molecule has 124 valence electrons. The average Bonchev–Trinajstić information content (AvgIpc) is 3.16. The Morgan fingerprint density at radius 2 is 1.88 bits per heavy atom. The summed E-state index contributed by atoms with van der Waals surface area (Å²) in [5.41, 5.74) is 1.28. The van der Waals surface area contributed by atoms with Gasteiger partial charge in [-0.3, -0.25) is 4.72 Å². The van der Waals surface area contributed by atoms with Gasteiger partial charge in [0.05, 0.1) is 10.6 Å². The maximum atomic E-state index is 12.7. The van der Waals surface area contributed by atoms with Crippen molar-refractivity contribution in [2.75, 3.05) is 4.72 Å². The number of carboxylic acids is 1. The molecule has 0 atom stereocenters. The molecule has 2 heterocycles. The Balaban J connectivity index is 2.11. The van der Waals surface area contributed by atoms with Crippen LogP contribution in [0.2, 0.25) is 0 Å². The molecular weight excluding hydrogens is 366 g/mol. The summed E-state index contributed by atoms with van der Waals surface area (Å²) in [7, 11) is -3.89. The molecule has 0 aliphatic heterocycles. The van der Waals surface area contributed by atoms with Crippen molar-refractivity contribution in [3.63, 3.8) is 0 Å². The number of carbonyl (C=O) groups is 1. The van der Waals surface area contributed by atoms with E-state index in [-0.39, 0.29) is 15.5 Å². The van der Waals surface area contributed by atoms with E-state index in [0.29, 0.717) is 11.1 Å². The highest BCUT2D eigenvalue weighted by atomic mass is 32.2. The van der Waals surface area contributed by atoms with E-state index in [1.807, 2.05) is 17.5 Å². The van der Waals surface area contributed by atoms with E-state index in [2.05, 4.69) is 4.72 Å². The number of benzene rings is 1. The Labute approximate surface area is 147 Å². The van der Waals surface area contributed by atoms with E-state index < -0.39 is 16.0 Å². The van der Waals surface area contributed by atoms with Gasteiger partial charge in [-0.25, -0.2) is 13.2 Å². The van der Waals surface area contributed by atoms with Crippen LogP contribution in [0.15, 0.2) is 52.1 Å². The molecule has 2 N–H and O–H groups in total. The highest BCUT2D eigenvalue weighted by Gasteiger charge is 2.25. The maximum absolute atomic E-state index is 12.7. The largest absolute Gasteiger partial charge is 0.477 e. The van der Waals surface area contributed by atoms with Gasteiger partial charge < -0.3 is 5.11 Å². The molecule has 2 aromatic heterocycles. The van der Waals surface area contributed by atoms with Gasteiger partial charge in [0.2, 0.25) is 0 Å². The Morgan fingerprint density at radius 1 is 1.12 bits per heavy atom. The first-order valence-electron chi connectivity index (χ1n) is 6.87. The summed E-state index contributed by atoms with van der Waals surface area (Å²) in [6.45, 7) is 1.69. The molecule has 3 rings (SSSR count). The Bertz CT molecular complexity index is 988. The third-order valence-electron chi connectivity index (χ3n) is 3.39. The average molecular weight is 379 g/mol. The predicted octanol–water partition coefficient (Wildman–Crippen LogP) is 4.28. The summed E-state index contributed by atoms with van der Waals surface area (Å²) in [6.07, 6.45) is 0. The van der Waals surface area contributed by atoms with Crippen LogP contribution in [-0.4, -0.2) is 19.5 Å². The highest BCUT2D eigenvalue weighted by molar-refractivity contribution is 7.92. The number of nitrogens with one attached hydrogen (secondary N) is 1. The Hall–Kier alpha value is -2.16. The van der Waals surface area contributed by atoms with Gasteiger partial charge in [0.1, 0.15) is 4.88 Å². The van der Waals surface area contributed by atoms with Crippen molar-refractivity contribution in [1.82, 2.24) is 0 Å². The first-order valence-corrected chi connectivity index (χ1v) is 10.1. The second-order valence-electron chi connectivity index (χ2n) is 5.01. The van der Waals surface area contributed by atoms with Crippen molar-refractivity contribution in [2.24, 2.45) is 0 Å². The van der Waals surface area contributed by atoms with Gasteiger partial charge in [-0.2, -0.15) is 0 Å². The zero-order valence-electron chi connectivity index (χ0n) is 12.5. The van der Waals surface area contributed by atoms with Crippen LogP contribution in [0.1, 0.15) is 15.2 Å². The van der Waals surface area contributed by atoms with Gasteiger partial charge >= 0.3 is 5.97 Å². The molecule has 0 bridgehead atoms. The zero-order valence-corrected chi connectivity index (χ0v) is 15.0. The molecule has 8 heteroatoms. The Kier molecular flexibility index (Phi) is 4.44. The fraction of sp³-hybridized carbons (Fsp3) is 0.0625. The zero-order chi connectivity index (χ0) is 17.3.